The Kier molecular flexibility index (Phi) is 8.42. The molecule has 2 aliphatic heterocycles. The molecular formula is C22H33IN6O2. The Morgan fingerprint density at radius 3 is 2.68 bits per heavy atom. The number of nitrogens with one attached hydrogen (secondary N) is 1. The molecule has 0 saturated carbocycles. The van der Waals surface area contributed by atoms with Crippen molar-refractivity contribution >= 4 is 29.9 Å². The quantitative estimate of drug-likeness (QED) is 0.346. The van der Waals surface area contributed by atoms with Gasteiger partial charge in [-0.05, 0) is 23.6 Å². The number of aromatic nitrogens is 2. The molecule has 9 heteroatoms. The zero-order chi connectivity index (χ0) is 20.9. The molecule has 1 N–H and O–H groups in total. The van der Waals surface area contributed by atoms with Crippen LogP contribution in [0.15, 0.2) is 35.6 Å². The minimum atomic E-state index is 0. The molecule has 1 aromatic heterocycles. The summed E-state index contributed by atoms with van der Waals surface area (Å²) in [6.07, 6.45) is 3.92. The summed E-state index contributed by atoms with van der Waals surface area (Å²) in [5, 5.41) is 3.49. The van der Waals surface area contributed by atoms with Crippen molar-refractivity contribution in [3.05, 3.63) is 42.0 Å². The molecule has 4 rings (SSSR count). The summed E-state index contributed by atoms with van der Waals surface area (Å²) in [5.41, 5.74) is 1.26. The largest absolute Gasteiger partial charge is 0.454 e. The van der Waals surface area contributed by atoms with Gasteiger partial charge in [0.15, 0.2) is 17.5 Å². The summed E-state index contributed by atoms with van der Waals surface area (Å²) in [5.74, 6) is 4.28. The topological polar surface area (TPSA) is 67.2 Å². The lowest BCUT2D eigenvalue weighted by Crippen LogP contribution is -2.52. The first-order valence-electron chi connectivity index (χ1n) is 10.7. The van der Waals surface area contributed by atoms with Crippen LogP contribution in [-0.4, -0.2) is 65.3 Å². The highest BCUT2D eigenvalue weighted by Crippen LogP contribution is 2.32. The maximum Gasteiger partial charge on any atom is 0.231 e. The highest BCUT2D eigenvalue weighted by molar-refractivity contribution is 14.0. The van der Waals surface area contributed by atoms with Crippen molar-refractivity contribution in [3.8, 4) is 11.5 Å². The lowest BCUT2D eigenvalue weighted by molar-refractivity contribution is 0.171. The average Bonchev–Trinajstić information content (AvgIpc) is 3.38. The number of aliphatic imine (C=N–C) groups is 1. The fourth-order valence-corrected chi connectivity index (χ4v) is 3.97. The summed E-state index contributed by atoms with van der Waals surface area (Å²) in [7, 11) is 1.85. The Morgan fingerprint density at radius 1 is 1.16 bits per heavy atom. The smallest absolute Gasteiger partial charge is 0.231 e. The van der Waals surface area contributed by atoms with Crippen LogP contribution in [0.25, 0.3) is 0 Å². The number of ether oxygens (including phenoxy) is 2. The van der Waals surface area contributed by atoms with E-state index in [1.54, 1.807) is 0 Å². The molecule has 0 spiro atoms. The van der Waals surface area contributed by atoms with E-state index in [9.17, 15) is 0 Å². The van der Waals surface area contributed by atoms with Gasteiger partial charge >= 0.3 is 0 Å². The second-order valence-electron chi connectivity index (χ2n) is 8.24. The van der Waals surface area contributed by atoms with Gasteiger partial charge in [0.2, 0.25) is 6.79 Å². The van der Waals surface area contributed by atoms with Gasteiger partial charge in [0.1, 0.15) is 5.82 Å². The number of hydrogen-bond donors (Lipinski definition) is 1. The van der Waals surface area contributed by atoms with Crippen molar-refractivity contribution in [2.24, 2.45) is 10.9 Å². The number of imidazole rings is 1. The van der Waals surface area contributed by atoms with E-state index in [1.807, 2.05) is 19.3 Å². The number of benzene rings is 1. The first kappa shape index (κ1) is 23.6. The maximum absolute atomic E-state index is 5.50. The number of halogens is 1. The fourth-order valence-electron chi connectivity index (χ4n) is 3.97. The van der Waals surface area contributed by atoms with Crippen molar-refractivity contribution in [1.29, 1.82) is 0 Å². The molecule has 8 nitrogen and oxygen atoms in total. The minimum absolute atomic E-state index is 0. The zero-order valence-corrected chi connectivity index (χ0v) is 20.9. The number of piperazine rings is 1. The van der Waals surface area contributed by atoms with Crippen LogP contribution in [0.3, 0.4) is 0 Å². The van der Waals surface area contributed by atoms with E-state index in [2.05, 4.69) is 61.8 Å². The van der Waals surface area contributed by atoms with Crippen molar-refractivity contribution in [2.75, 3.05) is 40.0 Å². The summed E-state index contributed by atoms with van der Waals surface area (Å²) >= 11 is 0. The van der Waals surface area contributed by atoms with Gasteiger partial charge < -0.3 is 24.3 Å². The predicted octanol–water partition coefficient (Wildman–Crippen LogP) is 2.78. The van der Waals surface area contributed by atoms with E-state index < -0.39 is 0 Å². The van der Waals surface area contributed by atoms with Gasteiger partial charge in [-0.25, -0.2) is 4.98 Å². The highest BCUT2D eigenvalue weighted by Gasteiger charge is 2.21. The third-order valence-corrected chi connectivity index (χ3v) is 5.49. The van der Waals surface area contributed by atoms with Crippen molar-refractivity contribution < 1.29 is 9.47 Å². The number of hydrogen-bond acceptors (Lipinski definition) is 5. The number of rotatable bonds is 6. The number of nitrogens with zero attached hydrogens (tertiary/aromatic N) is 5. The highest BCUT2D eigenvalue weighted by atomic mass is 127. The van der Waals surface area contributed by atoms with Gasteiger partial charge in [-0.2, -0.15) is 0 Å². The van der Waals surface area contributed by atoms with Crippen molar-refractivity contribution in [1.82, 2.24) is 24.7 Å². The van der Waals surface area contributed by atoms with E-state index in [1.165, 1.54) is 5.56 Å². The van der Waals surface area contributed by atoms with Gasteiger partial charge in [0, 0.05) is 58.7 Å². The summed E-state index contributed by atoms with van der Waals surface area (Å²) in [6.45, 7) is 11.2. The van der Waals surface area contributed by atoms with Crippen molar-refractivity contribution in [2.45, 2.75) is 33.5 Å². The molecule has 31 heavy (non-hydrogen) atoms. The standard InChI is InChI=1S/C22H32N6O2.HI/c1-17(2)14-28-7-6-24-21(28)13-25-22(23-3)27-10-8-26(9-11-27)15-18-4-5-19-20(12-18)30-16-29-19;/h4-7,12,17H,8-11,13-16H2,1-3H3,(H,23,25);1H. The molecule has 0 amide bonds. The van der Waals surface area contributed by atoms with Gasteiger partial charge in [0.25, 0.3) is 0 Å². The Hall–Kier alpha value is -2.01. The van der Waals surface area contributed by atoms with Crippen LogP contribution in [0.1, 0.15) is 25.2 Å². The van der Waals surface area contributed by atoms with Crippen LogP contribution in [0, 0.1) is 5.92 Å². The van der Waals surface area contributed by atoms with E-state index in [0.29, 0.717) is 19.3 Å². The molecule has 1 fully saturated rings. The first-order valence-corrected chi connectivity index (χ1v) is 10.7. The molecule has 2 aromatic rings. The molecule has 170 valence electrons. The maximum atomic E-state index is 5.50. The van der Waals surface area contributed by atoms with Crippen LogP contribution in [0.5, 0.6) is 11.5 Å². The minimum Gasteiger partial charge on any atom is -0.454 e. The zero-order valence-electron chi connectivity index (χ0n) is 18.6. The lowest BCUT2D eigenvalue weighted by Gasteiger charge is -2.36. The second-order valence-corrected chi connectivity index (χ2v) is 8.24. The normalized spacial score (nSPS) is 16.5. The first-order chi connectivity index (χ1) is 14.6. The van der Waals surface area contributed by atoms with Gasteiger partial charge in [-0.15, -0.1) is 24.0 Å². The molecule has 0 aliphatic carbocycles. The van der Waals surface area contributed by atoms with E-state index in [4.69, 9.17) is 9.47 Å². The molecule has 0 unspecified atom stereocenters. The van der Waals surface area contributed by atoms with Crippen LogP contribution in [0.2, 0.25) is 0 Å². The molecule has 1 saturated heterocycles. The number of fused-ring (bicyclic) bond motifs is 1. The Bertz CT molecular complexity index is 877. The number of guanidine groups is 1. The van der Waals surface area contributed by atoms with Crippen LogP contribution in [-0.2, 0) is 19.6 Å². The van der Waals surface area contributed by atoms with Crippen LogP contribution < -0.4 is 14.8 Å². The molecule has 2 aliphatic rings. The van der Waals surface area contributed by atoms with Gasteiger partial charge in [-0.3, -0.25) is 9.89 Å². The van der Waals surface area contributed by atoms with Crippen LogP contribution >= 0.6 is 24.0 Å². The van der Waals surface area contributed by atoms with Crippen LogP contribution in [0.4, 0.5) is 0 Å². The Labute approximate surface area is 201 Å². The molecule has 0 atom stereocenters. The summed E-state index contributed by atoms with van der Waals surface area (Å²) in [6, 6.07) is 6.22. The van der Waals surface area contributed by atoms with Gasteiger partial charge in [-0.1, -0.05) is 19.9 Å². The third-order valence-electron chi connectivity index (χ3n) is 5.49. The lowest BCUT2D eigenvalue weighted by atomic mass is 10.1. The van der Waals surface area contributed by atoms with Gasteiger partial charge in [0.05, 0.1) is 6.54 Å². The fraction of sp³-hybridized carbons (Fsp3) is 0.545. The third kappa shape index (κ3) is 6.03. The van der Waals surface area contributed by atoms with Crippen molar-refractivity contribution in [3.63, 3.8) is 0 Å². The van der Waals surface area contributed by atoms with E-state index in [0.717, 1.165) is 62.6 Å². The Morgan fingerprint density at radius 2 is 1.94 bits per heavy atom. The predicted molar refractivity (Wildman–Crippen MR) is 132 cm³/mol. The average molecular weight is 540 g/mol. The SMILES string of the molecule is CN=C(NCc1nccn1CC(C)C)N1CCN(Cc2ccc3c(c2)OCO3)CC1.I. The second kappa shape index (κ2) is 11.0. The molecule has 0 bridgehead atoms. The van der Waals surface area contributed by atoms with E-state index in [-0.39, 0.29) is 24.0 Å². The molecular weight excluding hydrogens is 507 g/mol. The molecule has 0 radical (unpaired) electrons. The van der Waals surface area contributed by atoms with E-state index >= 15 is 0 Å². The molecule has 1 aromatic carbocycles. The summed E-state index contributed by atoms with van der Waals surface area (Å²) < 4.78 is 13.1. The Balaban J connectivity index is 0.00000272. The summed E-state index contributed by atoms with van der Waals surface area (Å²) in [4.78, 5) is 13.8. The monoisotopic (exact) mass is 540 g/mol. The molecule has 3 heterocycles.